The van der Waals surface area contributed by atoms with Crippen molar-refractivity contribution in [2.75, 3.05) is 0 Å². The van der Waals surface area contributed by atoms with E-state index in [-0.39, 0.29) is 6.42 Å². The van der Waals surface area contributed by atoms with Crippen LogP contribution in [0.3, 0.4) is 0 Å². The van der Waals surface area contributed by atoms with Gasteiger partial charge in [0.25, 0.3) is 5.97 Å². The molecule has 0 aromatic carbocycles. The van der Waals surface area contributed by atoms with E-state index in [1.54, 1.807) is 0 Å². The van der Waals surface area contributed by atoms with Crippen LogP contribution in [0.2, 0.25) is 0 Å². The van der Waals surface area contributed by atoms with Crippen LogP contribution < -0.4 is 0 Å². The molecular weight excluding hydrogens is 335 g/mol. The maximum absolute atomic E-state index is 9.31. The number of hydrogen-bond donors (Lipinski definition) is 1. The molecule has 0 spiro atoms. The second kappa shape index (κ2) is 3.47. The van der Waals surface area contributed by atoms with Crippen LogP contribution in [0.4, 0.5) is 0 Å². The number of rotatable bonds is 1. The van der Waals surface area contributed by atoms with Gasteiger partial charge in [-0.1, -0.05) is 6.42 Å². The molecule has 0 fully saturated rings. The van der Waals surface area contributed by atoms with E-state index in [1.165, 1.54) is 0 Å². The first kappa shape index (κ1) is 8.82. The Kier molecular flexibility index (Phi) is 5.10. The van der Waals surface area contributed by atoms with Crippen LogP contribution >= 0.6 is 0 Å². The van der Waals surface area contributed by atoms with Gasteiger partial charge in [0, 0.05) is 0 Å². The van der Waals surface area contributed by atoms with Crippen molar-refractivity contribution in [2.45, 2.75) is 6.42 Å². The molecule has 0 unspecified atom stereocenters. The monoisotopic (exact) mass is 340 g/mol. The Balaban J connectivity index is 0. The molecular formula is C3H5O2Rf-. The molecule has 6 heavy (non-hydrogen) atoms. The minimum atomic E-state index is -0.856. The third-order valence-corrected chi connectivity index (χ3v) is 0.214. The maximum Gasteiger partial charge on any atom is 0.272 e. The minimum absolute atomic E-state index is 0. The van der Waals surface area contributed by atoms with Gasteiger partial charge in [-0.05, 0) is 0 Å². The van der Waals surface area contributed by atoms with Gasteiger partial charge in [-0.15, -0.1) is 0 Å². The van der Waals surface area contributed by atoms with E-state index >= 15 is 0 Å². The summed E-state index contributed by atoms with van der Waals surface area (Å²) in [5.41, 5.74) is 0. The Labute approximate surface area is 30.4 Å². The summed E-state index contributed by atoms with van der Waals surface area (Å²) in [7, 11) is 0. The molecule has 0 aliphatic heterocycles. The zero-order chi connectivity index (χ0) is 4.28. The summed E-state index contributed by atoms with van der Waals surface area (Å²) >= 11 is 0. The first-order valence-corrected chi connectivity index (χ1v) is 1.28. The first-order chi connectivity index (χ1) is 2.27. The molecule has 0 aromatic rings. The molecule has 0 aromatic heterocycles. The fraction of sp³-hybridized carbons (Fsp3) is 0.333. The first-order valence-electron chi connectivity index (χ1n) is 1.28. The predicted molar refractivity (Wildman–Crippen MR) is 17.6 cm³/mol. The van der Waals surface area contributed by atoms with Gasteiger partial charge < -0.3 is 12.0 Å². The van der Waals surface area contributed by atoms with Crippen LogP contribution in [-0.2, 0) is 4.79 Å². The molecule has 0 radical (unpaired) electrons. The van der Waals surface area contributed by atoms with Crippen molar-refractivity contribution in [3.8, 4) is 0 Å². The van der Waals surface area contributed by atoms with Crippen molar-refractivity contribution in [3.05, 3.63) is 6.92 Å². The molecule has 32 valence electrons. The summed E-state index contributed by atoms with van der Waals surface area (Å²) in [5, 5.41) is 7.66. The molecule has 3 heteroatoms. The van der Waals surface area contributed by atoms with E-state index in [9.17, 15) is 4.79 Å². The quantitative estimate of drug-likeness (QED) is 0.697. The Morgan fingerprint density at radius 3 is 2.00 bits per heavy atom. The average Bonchev–Trinajstić information content (AvgIpc) is 1.38. The third-order valence-electron chi connectivity index (χ3n) is 0.214. The molecule has 0 rings (SSSR count). The molecule has 2 nitrogen and oxygen atoms in total. The van der Waals surface area contributed by atoms with Crippen LogP contribution in [0.1, 0.15) is 6.42 Å². The summed E-state index contributed by atoms with van der Waals surface area (Å²) in [6.45, 7) is 3.09. The minimum Gasteiger partial charge on any atom is -0.483 e. The van der Waals surface area contributed by atoms with Crippen molar-refractivity contribution in [1.82, 2.24) is 0 Å². The molecule has 0 bridgehead atoms. The summed E-state index contributed by atoms with van der Waals surface area (Å²) in [6, 6.07) is 0. The van der Waals surface area contributed by atoms with Gasteiger partial charge in [-0.2, -0.15) is 0 Å². The normalized spacial score (nSPS) is 6.17. The van der Waals surface area contributed by atoms with E-state index < -0.39 is 5.97 Å². The Bertz CT molecular complexity index is 44.1. The smallest absolute Gasteiger partial charge is 0.272 e. The molecule has 0 amide bonds. The van der Waals surface area contributed by atoms with Crippen LogP contribution in [0.5, 0.6) is 0 Å². The fourth-order valence-corrected chi connectivity index (χ4v) is 0. The molecule has 1 N–H and O–H groups in total. The van der Waals surface area contributed by atoms with Crippen molar-refractivity contribution >= 4 is 5.97 Å². The zero-order valence-electron chi connectivity index (χ0n) is 3.48. The number of carbonyl (C=O) groups is 1. The van der Waals surface area contributed by atoms with Gasteiger partial charge in [0.05, 0.1) is 0 Å². The van der Waals surface area contributed by atoms with Crippen LogP contribution in [0, 0.1) is 6.92 Å². The molecule has 0 heterocycles. The summed E-state index contributed by atoms with van der Waals surface area (Å²) in [6.07, 6.45) is -0.0278. The average molecular weight is 340 g/mol. The number of aliphatic carboxylic acids is 1. The van der Waals surface area contributed by atoms with Gasteiger partial charge in [0.2, 0.25) is 0 Å². The third kappa shape index (κ3) is 24.2. The molecule has 0 aliphatic rings. The van der Waals surface area contributed by atoms with Gasteiger partial charge >= 0.3 is 0 Å². The molecule has 0 atom stereocenters. The fourth-order valence-electron chi connectivity index (χ4n) is 0. The van der Waals surface area contributed by atoms with Crippen molar-refractivity contribution in [3.63, 3.8) is 0 Å². The van der Waals surface area contributed by atoms with Gasteiger partial charge in [0.1, 0.15) is 0 Å². The second-order valence-electron chi connectivity index (χ2n) is 0.644. The molecule has 0 saturated heterocycles. The van der Waals surface area contributed by atoms with Gasteiger partial charge in [-0.25, -0.2) is 0 Å². The van der Waals surface area contributed by atoms with E-state index in [1.807, 2.05) is 0 Å². The van der Waals surface area contributed by atoms with E-state index in [2.05, 4.69) is 6.92 Å². The summed E-state index contributed by atoms with van der Waals surface area (Å²) in [4.78, 5) is 9.31. The van der Waals surface area contributed by atoms with Crippen molar-refractivity contribution < 1.29 is 9.90 Å². The standard InChI is InChI=1S/C3H5O2.Rf/c1-2-3(4)5;/h1-2H2,(H,4,5);/q-1;. The number of hydrogen-bond acceptors (Lipinski definition) is 1. The summed E-state index contributed by atoms with van der Waals surface area (Å²) < 4.78 is 0. The van der Waals surface area contributed by atoms with E-state index in [0.29, 0.717) is 0 Å². The van der Waals surface area contributed by atoms with Crippen LogP contribution in [0.25, 0.3) is 0 Å². The zero-order valence-corrected chi connectivity index (χ0v) is 9.88. The van der Waals surface area contributed by atoms with E-state index in [4.69, 9.17) is 5.11 Å². The van der Waals surface area contributed by atoms with Gasteiger partial charge in [-0.3, -0.25) is 4.79 Å². The Morgan fingerprint density at radius 1 is 1.83 bits per heavy atom. The predicted octanol–water partition coefficient (Wildman–Crippen LogP) is 0.295. The van der Waals surface area contributed by atoms with Crippen LogP contribution in [0.15, 0.2) is 0 Å². The SMILES string of the molecule is [CH2-]CC(=O)O.[Rf]. The van der Waals surface area contributed by atoms with Gasteiger partial charge in [0.15, 0.2) is 0 Å². The van der Waals surface area contributed by atoms with E-state index in [0.717, 1.165) is 0 Å². The maximum atomic E-state index is 9.31. The topological polar surface area (TPSA) is 37.3 Å². The van der Waals surface area contributed by atoms with Crippen molar-refractivity contribution in [2.24, 2.45) is 0 Å². The van der Waals surface area contributed by atoms with Crippen molar-refractivity contribution in [1.29, 1.82) is 0 Å². The van der Waals surface area contributed by atoms with Crippen LogP contribution in [-0.4, -0.2) is 11.1 Å². The number of carboxylic acid groups (broad SMARTS) is 1. The Morgan fingerprint density at radius 2 is 2.00 bits per heavy atom. The largest absolute Gasteiger partial charge is 0.483 e. The second-order valence-corrected chi connectivity index (χ2v) is 0.644. The Hall–Kier alpha value is -1.53. The number of carboxylic acids is 1. The molecule has 0 aliphatic carbocycles. The molecule has 0 saturated carbocycles. The summed E-state index contributed by atoms with van der Waals surface area (Å²) in [5.74, 6) is -0.856.